The Labute approximate surface area is 107 Å². The summed E-state index contributed by atoms with van der Waals surface area (Å²) in [5.41, 5.74) is 0.272. The van der Waals surface area contributed by atoms with Gasteiger partial charge in [0.1, 0.15) is 17.1 Å². The molecule has 0 heterocycles. The molecule has 100 valence electrons. The van der Waals surface area contributed by atoms with E-state index in [0.29, 0.717) is 18.1 Å². The van der Waals surface area contributed by atoms with Crippen LogP contribution < -0.4 is 9.47 Å². The Morgan fingerprint density at radius 2 is 2.00 bits per heavy atom. The van der Waals surface area contributed by atoms with Gasteiger partial charge in [0.2, 0.25) is 0 Å². The molecule has 0 atom stereocenters. The molecular weight excluding hydrogens is 236 g/mol. The predicted molar refractivity (Wildman–Crippen MR) is 65.8 cm³/mol. The summed E-state index contributed by atoms with van der Waals surface area (Å²) >= 11 is 0. The molecule has 5 nitrogen and oxygen atoms in total. The van der Waals surface area contributed by atoms with E-state index in [1.807, 2.05) is 6.92 Å². The first kappa shape index (κ1) is 14.3. The van der Waals surface area contributed by atoms with Gasteiger partial charge in [-0.15, -0.1) is 0 Å². The topological polar surface area (TPSA) is 54.0 Å². The summed E-state index contributed by atoms with van der Waals surface area (Å²) in [5.74, 6) is 0.373. The van der Waals surface area contributed by atoms with E-state index in [9.17, 15) is 4.79 Å². The van der Waals surface area contributed by atoms with Gasteiger partial charge in [-0.05, 0) is 24.6 Å². The lowest BCUT2D eigenvalue weighted by atomic mass is 10.2. The van der Waals surface area contributed by atoms with E-state index >= 15 is 0 Å². The van der Waals surface area contributed by atoms with Crippen LogP contribution in [0.5, 0.6) is 11.5 Å². The molecule has 1 rings (SSSR count). The second kappa shape index (κ2) is 7.55. The zero-order valence-corrected chi connectivity index (χ0v) is 10.9. The number of methoxy groups -OCH3 is 2. The maximum Gasteiger partial charge on any atom is 0.376 e. The molecule has 18 heavy (non-hydrogen) atoms. The van der Waals surface area contributed by atoms with E-state index in [-0.39, 0.29) is 5.56 Å². The van der Waals surface area contributed by atoms with E-state index in [0.717, 1.165) is 12.8 Å². The van der Waals surface area contributed by atoms with Crippen LogP contribution >= 0.6 is 0 Å². The zero-order valence-electron chi connectivity index (χ0n) is 10.9. The molecule has 5 heteroatoms. The van der Waals surface area contributed by atoms with Gasteiger partial charge in [0.05, 0.1) is 20.8 Å². The first-order valence-corrected chi connectivity index (χ1v) is 5.78. The largest absolute Gasteiger partial charge is 0.497 e. The maximum atomic E-state index is 11.8. The smallest absolute Gasteiger partial charge is 0.376 e. The molecule has 0 saturated carbocycles. The van der Waals surface area contributed by atoms with Gasteiger partial charge in [0.25, 0.3) is 0 Å². The highest BCUT2D eigenvalue weighted by Crippen LogP contribution is 2.24. The van der Waals surface area contributed by atoms with E-state index in [2.05, 4.69) is 0 Å². The fourth-order valence-corrected chi connectivity index (χ4v) is 1.32. The van der Waals surface area contributed by atoms with E-state index in [1.165, 1.54) is 14.2 Å². The van der Waals surface area contributed by atoms with E-state index in [1.54, 1.807) is 18.2 Å². The van der Waals surface area contributed by atoms with Crippen molar-refractivity contribution in [2.24, 2.45) is 0 Å². The lowest BCUT2D eigenvalue weighted by Gasteiger charge is -2.09. The van der Waals surface area contributed by atoms with Crippen LogP contribution in [0.4, 0.5) is 0 Å². The molecule has 0 spiro atoms. The quantitative estimate of drug-likeness (QED) is 0.425. The van der Waals surface area contributed by atoms with Crippen molar-refractivity contribution >= 4 is 5.97 Å². The molecule has 0 aromatic heterocycles. The molecule has 0 radical (unpaired) electrons. The van der Waals surface area contributed by atoms with Crippen LogP contribution in [0.25, 0.3) is 0 Å². The first-order chi connectivity index (χ1) is 8.72. The summed E-state index contributed by atoms with van der Waals surface area (Å²) < 4.78 is 10.1. The third kappa shape index (κ3) is 3.92. The predicted octanol–water partition coefficient (Wildman–Crippen LogP) is 2.59. The number of carbonyl (C=O) groups excluding carboxylic acids is 1. The molecule has 0 bridgehead atoms. The van der Waals surface area contributed by atoms with Crippen molar-refractivity contribution in [3.05, 3.63) is 23.8 Å². The molecule has 0 amide bonds. The molecule has 1 aromatic carbocycles. The zero-order chi connectivity index (χ0) is 13.4. The Hall–Kier alpha value is -1.75. The number of hydrogen-bond acceptors (Lipinski definition) is 5. The lowest BCUT2D eigenvalue weighted by Crippen LogP contribution is -2.08. The van der Waals surface area contributed by atoms with Crippen LogP contribution in [0.3, 0.4) is 0 Å². The molecule has 1 aromatic rings. The standard InChI is InChI=1S/C13H18O5/c1-4-5-8-17-18-13(14)11-9-10(15-2)6-7-12(11)16-3/h6-7,9H,4-5,8H2,1-3H3. The molecule has 0 saturated heterocycles. The molecule has 0 fully saturated rings. The van der Waals surface area contributed by atoms with Crippen molar-refractivity contribution < 1.29 is 24.0 Å². The Morgan fingerprint density at radius 3 is 2.61 bits per heavy atom. The second-order valence-corrected chi connectivity index (χ2v) is 3.61. The maximum absolute atomic E-state index is 11.8. The SMILES string of the molecule is CCCCOOC(=O)c1cc(OC)ccc1OC. The minimum atomic E-state index is -0.596. The highest BCUT2D eigenvalue weighted by atomic mass is 17.2. The second-order valence-electron chi connectivity index (χ2n) is 3.61. The van der Waals surface area contributed by atoms with Gasteiger partial charge >= 0.3 is 5.97 Å². The number of ether oxygens (including phenoxy) is 2. The lowest BCUT2D eigenvalue weighted by molar-refractivity contribution is -0.241. The van der Waals surface area contributed by atoms with Crippen LogP contribution in [-0.4, -0.2) is 26.8 Å². The minimum Gasteiger partial charge on any atom is -0.497 e. The van der Waals surface area contributed by atoms with Gasteiger partial charge in [-0.3, -0.25) is 4.89 Å². The van der Waals surface area contributed by atoms with Gasteiger partial charge in [-0.25, -0.2) is 4.79 Å². The normalized spacial score (nSPS) is 9.94. The summed E-state index contributed by atoms with van der Waals surface area (Å²) in [7, 11) is 3.01. The average Bonchev–Trinajstić information content (AvgIpc) is 2.42. The van der Waals surface area contributed by atoms with Crippen LogP contribution in [0.1, 0.15) is 30.1 Å². The molecule has 0 aliphatic rings. The van der Waals surface area contributed by atoms with E-state index < -0.39 is 5.97 Å². The number of benzene rings is 1. The number of rotatable bonds is 7. The van der Waals surface area contributed by atoms with Crippen LogP contribution in [0.2, 0.25) is 0 Å². The van der Waals surface area contributed by atoms with Crippen LogP contribution in [0.15, 0.2) is 18.2 Å². The minimum absolute atomic E-state index is 0.272. The summed E-state index contributed by atoms with van der Waals surface area (Å²) in [6.07, 6.45) is 1.81. The fourth-order valence-electron chi connectivity index (χ4n) is 1.32. The van der Waals surface area contributed by atoms with Gasteiger partial charge in [0, 0.05) is 0 Å². The Morgan fingerprint density at radius 1 is 1.22 bits per heavy atom. The highest BCUT2D eigenvalue weighted by Gasteiger charge is 2.16. The monoisotopic (exact) mass is 254 g/mol. The Balaban J connectivity index is 2.70. The third-order valence-corrected chi connectivity index (χ3v) is 2.34. The van der Waals surface area contributed by atoms with Crippen molar-refractivity contribution in [1.82, 2.24) is 0 Å². The summed E-state index contributed by atoms with van der Waals surface area (Å²) in [5, 5.41) is 0. The number of carbonyl (C=O) groups is 1. The summed E-state index contributed by atoms with van der Waals surface area (Å²) in [4.78, 5) is 21.3. The van der Waals surface area contributed by atoms with Crippen molar-refractivity contribution in [2.45, 2.75) is 19.8 Å². The van der Waals surface area contributed by atoms with Crippen molar-refractivity contribution in [3.63, 3.8) is 0 Å². The fraction of sp³-hybridized carbons (Fsp3) is 0.462. The average molecular weight is 254 g/mol. The highest BCUT2D eigenvalue weighted by molar-refractivity contribution is 5.92. The van der Waals surface area contributed by atoms with Gasteiger partial charge < -0.3 is 9.47 Å². The van der Waals surface area contributed by atoms with Gasteiger partial charge in [0.15, 0.2) is 0 Å². The van der Waals surface area contributed by atoms with Gasteiger partial charge in [-0.1, -0.05) is 13.3 Å². The van der Waals surface area contributed by atoms with E-state index in [4.69, 9.17) is 19.2 Å². The van der Waals surface area contributed by atoms with Crippen molar-refractivity contribution in [2.75, 3.05) is 20.8 Å². The Kier molecular flexibility index (Phi) is 6.00. The molecular formula is C13H18O5. The number of unbranched alkanes of at least 4 members (excludes halogenated alkanes) is 1. The third-order valence-electron chi connectivity index (χ3n) is 2.34. The molecule has 0 unspecified atom stereocenters. The van der Waals surface area contributed by atoms with Crippen molar-refractivity contribution in [1.29, 1.82) is 0 Å². The van der Waals surface area contributed by atoms with Crippen molar-refractivity contribution in [3.8, 4) is 11.5 Å². The van der Waals surface area contributed by atoms with Crippen LogP contribution in [0, 0.1) is 0 Å². The molecule has 0 N–H and O–H groups in total. The first-order valence-electron chi connectivity index (χ1n) is 5.78. The molecule has 0 aliphatic heterocycles. The summed E-state index contributed by atoms with van der Waals surface area (Å²) in [6.45, 7) is 2.41. The van der Waals surface area contributed by atoms with Gasteiger partial charge in [-0.2, -0.15) is 4.89 Å². The van der Waals surface area contributed by atoms with Crippen LogP contribution in [-0.2, 0) is 9.78 Å². The molecule has 0 aliphatic carbocycles. The summed E-state index contributed by atoms with van der Waals surface area (Å²) in [6, 6.07) is 4.89. The number of hydrogen-bond donors (Lipinski definition) is 0. The Bertz CT molecular complexity index is 389.